The summed E-state index contributed by atoms with van der Waals surface area (Å²) in [6.07, 6.45) is -0.435. The number of aliphatic hydroxyl groups excluding tert-OH is 1. The highest BCUT2D eigenvalue weighted by Crippen LogP contribution is 2.21. The summed E-state index contributed by atoms with van der Waals surface area (Å²) >= 11 is 0. The van der Waals surface area contributed by atoms with Gasteiger partial charge in [-0.2, -0.15) is 0 Å². The lowest BCUT2D eigenvalue weighted by atomic mass is 10.3. The third-order valence-electron chi connectivity index (χ3n) is 2.66. The average Bonchev–Trinajstić information content (AvgIpc) is 2.61. The summed E-state index contributed by atoms with van der Waals surface area (Å²) in [7, 11) is 1.64. The fourth-order valence-electron chi connectivity index (χ4n) is 1.84. The van der Waals surface area contributed by atoms with Crippen LogP contribution in [0.15, 0.2) is 30.3 Å². The molecule has 1 saturated heterocycles. The molecule has 0 saturated carbocycles. The molecule has 1 fully saturated rings. The zero-order valence-electron chi connectivity index (χ0n) is 8.26. The topological polar surface area (TPSA) is 32.7 Å². The number of nitrogens with zero attached hydrogens (tertiary/aromatic N) is 1. The molecule has 1 aromatic rings. The highest BCUT2D eigenvalue weighted by Gasteiger charge is 2.31. The number of benzene rings is 1. The van der Waals surface area contributed by atoms with E-state index in [2.05, 4.69) is 4.90 Å². The first-order chi connectivity index (χ1) is 6.81. The van der Waals surface area contributed by atoms with Crippen molar-refractivity contribution in [3.05, 3.63) is 30.3 Å². The average molecular weight is 193 g/mol. The lowest BCUT2D eigenvalue weighted by Crippen LogP contribution is -2.25. The molecule has 1 aromatic carbocycles. The van der Waals surface area contributed by atoms with Gasteiger partial charge in [-0.3, -0.25) is 0 Å². The molecule has 14 heavy (non-hydrogen) atoms. The van der Waals surface area contributed by atoms with E-state index >= 15 is 0 Å². The van der Waals surface area contributed by atoms with Gasteiger partial charge < -0.3 is 14.7 Å². The molecule has 0 radical (unpaired) electrons. The zero-order valence-corrected chi connectivity index (χ0v) is 8.26. The summed E-state index contributed by atoms with van der Waals surface area (Å²) in [5, 5.41) is 9.65. The molecular formula is C11H15NO2. The standard InChI is InChI=1S/C11H15NO2/c1-14-11-8-12(7-10(11)13)9-5-3-2-4-6-9/h2-6,10-11,13H,7-8H2,1H3. The number of β-amino-alcohol motifs (C(OH)–C–C–N with tert-alkyl or cyclic N) is 1. The van der Waals surface area contributed by atoms with Crippen molar-refractivity contribution in [2.75, 3.05) is 25.1 Å². The SMILES string of the molecule is COC1CN(c2ccccc2)CC1O. The fraction of sp³-hybridized carbons (Fsp3) is 0.455. The van der Waals surface area contributed by atoms with Gasteiger partial charge in [0.2, 0.25) is 0 Å². The van der Waals surface area contributed by atoms with Crippen molar-refractivity contribution in [2.24, 2.45) is 0 Å². The van der Waals surface area contributed by atoms with Crippen molar-refractivity contribution in [1.82, 2.24) is 0 Å². The Kier molecular flexibility index (Phi) is 2.70. The van der Waals surface area contributed by atoms with Crippen LogP contribution >= 0.6 is 0 Å². The zero-order chi connectivity index (χ0) is 9.97. The van der Waals surface area contributed by atoms with Gasteiger partial charge in [-0.15, -0.1) is 0 Å². The Bertz CT molecular complexity index is 289. The number of para-hydroxylation sites is 1. The summed E-state index contributed by atoms with van der Waals surface area (Å²) in [6.45, 7) is 1.42. The van der Waals surface area contributed by atoms with Gasteiger partial charge in [0.25, 0.3) is 0 Å². The molecule has 3 nitrogen and oxygen atoms in total. The van der Waals surface area contributed by atoms with Crippen molar-refractivity contribution in [3.63, 3.8) is 0 Å². The highest BCUT2D eigenvalue weighted by molar-refractivity contribution is 5.47. The van der Waals surface area contributed by atoms with Gasteiger partial charge in [-0.05, 0) is 12.1 Å². The molecule has 0 aromatic heterocycles. The molecule has 76 valence electrons. The van der Waals surface area contributed by atoms with Gasteiger partial charge in [0, 0.05) is 25.9 Å². The molecule has 0 spiro atoms. The maximum Gasteiger partial charge on any atom is 0.102 e. The fourth-order valence-corrected chi connectivity index (χ4v) is 1.84. The number of rotatable bonds is 2. The highest BCUT2D eigenvalue weighted by atomic mass is 16.5. The van der Waals surface area contributed by atoms with Crippen LogP contribution in [0.5, 0.6) is 0 Å². The second-order valence-corrected chi connectivity index (χ2v) is 3.58. The van der Waals surface area contributed by atoms with Gasteiger partial charge in [-0.25, -0.2) is 0 Å². The van der Waals surface area contributed by atoms with Crippen molar-refractivity contribution < 1.29 is 9.84 Å². The van der Waals surface area contributed by atoms with Crippen LogP contribution in [0.1, 0.15) is 0 Å². The number of hydrogen-bond acceptors (Lipinski definition) is 3. The molecule has 1 heterocycles. The van der Waals surface area contributed by atoms with Crippen molar-refractivity contribution >= 4 is 5.69 Å². The van der Waals surface area contributed by atoms with E-state index < -0.39 is 0 Å². The Morgan fingerprint density at radius 3 is 2.57 bits per heavy atom. The summed E-state index contributed by atoms with van der Waals surface area (Å²) in [4.78, 5) is 2.14. The van der Waals surface area contributed by atoms with Crippen LogP contribution in [0.2, 0.25) is 0 Å². The molecule has 2 atom stereocenters. The van der Waals surface area contributed by atoms with E-state index in [4.69, 9.17) is 4.74 Å². The van der Waals surface area contributed by atoms with Gasteiger partial charge >= 0.3 is 0 Å². The Labute approximate surface area is 83.9 Å². The number of methoxy groups -OCH3 is 1. The number of anilines is 1. The Hall–Kier alpha value is -1.06. The van der Waals surface area contributed by atoms with Crippen LogP contribution < -0.4 is 4.90 Å². The van der Waals surface area contributed by atoms with E-state index in [1.807, 2.05) is 30.3 Å². The molecule has 1 N–H and O–H groups in total. The van der Waals surface area contributed by atoms with Crippen molar-refractivity contribution in [1.29, 1.82) is 0 Å². The van der Waals surface area contributed by atoms with Crippen LogP contribution in [-0.2, 0) is 4.74 Å². The molecular weight excluding hydrogens is 178 g/mol. The van der Waals surface area contributed by atoms with E-state index in [0.29, 0.717) is 6.54 Å². The van der Waals surface area contributed by atoms with Gasteiger partial charge in [0.05, 0.1) is 6.10 Å². The minimum atomic E-state index is -0.375. The Morgan fingerprint density at radius 2 is 2.00 bits per heavy atom. The third kappa shape index (κ3) is 1.74. The lowest BCUT2D eigenvalue weighted by molar-refractivity contribution is 0.0217. The predicted molar refractivity (Wildman–Crippen MR) is 55.5 cm³/mol. The molecule has 0 aliphatic carbocycles. The van der Waals surface area contributed by atoms with Gasteiger partial charge in [0.15, 0.2) is 0 Å². The van der Waals surface area contributed by atoms with Gasteiger partial charge in [0.1, 0.15) is 6.10 Å². The van der Waals surface area contributed by atoms with E-state index in [1.165, 1.54) is 0 Å². The second kappa shape index (κ2) is 3.98. The minimum absolute atomic E-state index is 0.0600. The Balaban J connectivity index is 2.09. The largest absolute Gasteiger partial charge is 0.388 e. The predicted octanol–water partition coefficient (Wildman–Crippen LogP) is 0.882. The van der Waals surface area contributed by atoms with Crippen molar-refractivity contribution in [2.45, 2.75) is 12.2 Å². The molecule has 1 aliphatic heterocycles. The Morgan fingerprint density at radius 1 is 1.29 bits per heavy atom. The number of aliphatic hydroxyl groups is 1. The van der Waals surface area contributed by atoms with Crippen LogP contribution in [0, 0.1) is 0 Å². The van der Waals surface area contributed by atoms with Crippen molar-refractivity contribution in [3.8, 4) is 0 Å². The maximum absolute atomic E-state index is 9.65. The molecule has 2 rings (SSSR count). The summed E-state index contributed by atoms with van der Waals surface area (Å²) < 4.78 is 5.18. The van der Waals surface area contributed by atoms with Crippen LogP contribution in [0.4, 0.5) is 5.69 Å². The minimum Gasteiger partial charge on any atom is -0.388 e. The van der Waals surface area contributed by atoms with Crippen LogP contribution in [0.25, 0.3) is 0 Å². The van der Waals surface area contributed by atoms with E-state index in [0.717, 1.165) is 12.2 Å². The normalized spacial score (nSPS) is 26.9. The smallest absolute Gasteiger partial charge is 0.102 e. The molecule has 2 unspecified atom stereocenters. The summed E-state index contributed by atoms with van der Waals surface area (Å²) in [5.41, 5.74) is 1.14. The monoisotopic (exact) mass is 193 g/mol. The molecule has 0 amide bonds. The van der Waals surface area contributed by atoms with Gasteiger partial charge in [-0.1, -0.05) is 18.2 Å². The second-order valence-electron chi connectivity index (χ2n) is 3.58. The first-order valence-electron chi connectivity index (χ1n) is 4.82. The maximum atomic E-state index is 9.65. The summed E-state index contributed by atoms with van der Waals surface area (Å²) in [5.74, 6) is 0. The molecule has 0 bridgehead atoms. The number of hydrogen-bond donors (Lipinski definition) is 1. The van der Waals surface area contributed by atoms with Crippen LogP contribution in [-0.4, -0.2) is 37.5 Å². The number of ether oxygens (including phenoxy) is 1. The lowest BCUT2D eigenvalue weighted by Gasteiger charge is -2.17. The summed E-state index contributed by atoms with van der Waals surface area (Å²) in [6, 6.07) is 10.1. The first-order valence-corrected chi connectivity index (χ1v) is 4.82. The van der Waals surface area contributed by atoms with E-state index in [9.17, 15) is 5.11 Å². The van der Waals surface area contributed by atoms with E-state index in [1.54, 1.807) is 7.11 Å². The molecule has 1 aliphatic rings. The molecule has 3 heteroatoms. The third-order valence-corrected chi connectivity index (χ3v) is 2.66. The van der Waals surface area contributed by atoms with Crippen LogP contribution in [0.3, 0.4) is 0 Å². The quantitative estimate of drug-likeness (QED) is 0.757. The first kappa shape index (κ1) is 9.49. The van der Waals surface area contributed by atoms with E-state index in [-0.39, 0.29) is 12.2 Å².